The molecule has 1 saturated heterocycles. The predicted molar refractivity (Wildman–Crippen MR) is 75.3 cm³/mol. The van der Waals surface area contributed by atoms with Crippen LogP contribution in [0.1, 0.15) is 71.1 Å². The molecule has 17 heavy (non-hydrogen) atoms. The molecule has 2 aliphatic rings. The zero-order chi connectivity index (χ0) is 11.9. The number of hydrogen-bond acceptors (Lipinski definition) is 1. The monoisotopic (exact) mass is 237 g/mol. The first kappa shape index (κ1) is 13.4. The van der Waals surface area contributed by atoms with Gasteiger partial charge in [0.2, 0.25) is 0 Å². The molecule has 2 fully saturated rings. The molecule has 1 heterocycles. The lowest BCUT2D eigenvalue weighted by Gasteiger charge is -2.35. The first-order valence-corrected chi connectivity index (χ1v) is 8.11. The zero-order valence-electron chi connectivity index (χ0n) is 11.8. The summed E-state index contributed by atoms with van der Waals surface area (Å²) in [6.07, 6.45) is 14.8. The highest BCUT2D eigenvalue weighted by molar-refractivity contribution is 4.75. The van der Waals surface area contributed by atoms with Crippen LogP contribution in [-0.2, 0) is 0 Å². The number of nitrogens with zero attached hydrogens (tertiary/aromatic N) is 1. The average molecular weight is 237 g/mol. The van der Waals surface area contributed by atoms with E-state index in [0.717, 1.165) is 11.8 Å². The molecule has 2 rings (SSSR count). The summed E-state index contributed by atoms with van der Waals surface area (Å²) < 4.78 is 0. The van der Waals surface area contributed by atoms with Crippen molar-refractivity contribution in [2.75, 3.05) is 19.6 Å². The smallest absolute Gasteiger partial charge is 0.000977 e. The van der Waals surface area contributed by atoms with E-state index in [9.17, 15) is 0 Å². The molecule has 1 aliphatic heterocycles. The Bertz CT molecular complexity index is 194. The van der Waals surface area contributed by atoms with E-state index in [1.807, 2.05) is 0 Å². The van der Waals surface area contributed by atoms with Crippen LogP contribution in [-0.4, -0.2) is 24.5 Å². The van der Waals surface area contributed by atoms with E-state index in [-0.39, 0.29) is 0 Å². The minimum atomic E-state index is 0.998. The molecule has 0 radical (unpaired) electrons. The lowest BCUT2D eigenvalue weighted by molar-refractivity contribution is 0.139. The Morgan fingerprint density at radius 2 is 1.47 bits per heavy atom. The molecule has 1 unspecified atom stereocenters. The molecule has 0 aromatic carbocycles. The topological polar surface area (TPSA) is 3.24 Å². The van der Waals surface area contributed by atoms with Gasteiger partial charge in [0.1, 0.15) is 0 Å². The molecule has 1 nitrogen and oxygen atoms in total. The van der Waals surface area contributed by atoms with Gasteiger partial charge in [-0.25, -0.2) is 0 Å². The number of likely N-dealkylation sites (tertiary alicyclic amines) is 1. The highest BCUT2D eigenvalue weighted by Gasteiger charge is 2.21. The van der Waals surface area contributed by atoms with E-state index in [4.69, 9.17) is 0 Å². The third kappa shape index (κ3) is 4.62. The maximum absolute atomic E-state index is 2.78. The first-order chi connectivity index (χ1) is 8.38. The molecule has 1 heteroatoms. The van der Waals surface area contributed by atoms with Crippen LogP contribution in [0.15, 0.2) is 0 Å². The fraction of sp³-hybridized carbons (Fsp3) is 1.00. The summed E-state index contributed by atoms with van der Waals surface area (Å²) >= 11 is 0. The maximum atomic E-state index is 2.78. The molecule has 100 valence electrons. The van der Waals surface area contributed by atoms with E-state index in [1.165, 1.54) is 83.8 Å². The summed E-state index contributed by atoms with van der Waals surface area (Å²) in [5, 5.41) is 0. The summed E-state index contributed by atoms with van der Waals surface area (Å²) in [5.74, 6) is 2.02. The zero-order valence-corrected chi connectivity index (χ0v) is 11.8. The molecule has 0 aromatic rings. The average Bonchev–Trinajstić information content (AvgIpc) is 2.33. The van der Waals surface area contributed by atoms with Gasteiger partial charge < -0.3 is 4.90 Å². The molecule has 1 atom stereocenters. The van der Waals surface area contributed by atoms with Gasteiger partial charge in [-0.2, -0.15) is 0 Å². The van der Waals surface area contributed by atoms with Crippen LogP contribution in [0, 0.1) is 11.8 Å². The second-order valence-electron chi connectivity index (χ2n) is 6.39. The van der Waals surface area contributed by atoms with Gasteiger partial charge >= 0.3 is 0 Å². The summed E-state index contributed by atoms with van der Waals surface area (Å²) in [5.41, 5.74) is 0. The van der Waals surface area contributed by atoms with Crippen molar-refractivity contribution in [1.29, 1.82) is 0 Å². The number of hydrogen-bond donors (Lipinski definition) is 0. The van der Waals surface area contributed by atoms with E-state index in [0.29, 0.717) is 0 Å². The normalized spacial score (nSPS) is 29.8. The molecule has 0 aromatic heterocycles. The maximum Gasteiger partial charge on any atom is 0.000977 e. The predicted octanol–water partition coefficient (Wildman–Crippen LogP) is 4.47. The van der Waals surface area contributed by atoms with Crippen molar-refractivity contribution in [3.63, 3.8) is 0 Å². The summed E-state index contributed by atoms with van der Waals surface area (Å²) in [4.78, 5) is 2.78. The molecule has 0 spiro atoms. The van der Waals surface area contributed by atoms with Crippen molar-refractivity contribution in [2.24, 2.45) is 11.8 Å². The van der Waals surface area contributed by atoms with Crippen molar-refractivity contribution in [3.8, 4) is 0 Å². The van der Waals surface area contributed by atoms with Crippen molar-refractivity contribution < 1.29 is 0 Å². The Balaban J connectivity index is 1.74. The van der Waals surface area contributed by atoms with Crippen molar-refractivity contribution in [2.45, 2.75) is 71.1 Å². The Morgan fingerprint density at radius 3 is 2.18 bits per heavy atom. The van der Waals surface area contributed by atoms with Crippen LogP contribution in [0.3, 0.4) is 0 Å². The number of rotatable bonds is 3. The highest BCUT2D eigenvalue weighted by Crippen LogP contribution is 2.26. The Hall–Kier alpha value is -0.0400. The van der Waals surface area contributed by atoms with E-state index < -0.39 is 0 Å². The molecule has 1 aliphatic carbocycles. The van der Waals surface area contributed by atoms with Gasteiger partial charge in [-0.15, -0.1) is 0 Å². The minimum Gasteiger partial charge on any atom is -0.303 e. The second kappa shape index (κ2) is 7.41. The van der Waals surface area contributed by atoms with Crippen LogP contribution < -0.4 is 0 Å². The molecular formula is C16H31N. The first-order valence-electron chi connectivity index (χ1n) is 8.11. The van der Waals surface area contributed by atoms with E-state index >= 15 is 0 Å². The van der Waals surface area contributed by atoms with Crippen LogP contribution in [0.2, 0.25) is 0 Å². The SMILES string of the molecule is CCC1CCCN(CC2CCCCCCC2)C1. The quantitative estimate of drug-likeness (QED) is 0.700. The summed E-state index contributed by atoms with van der Waals surface area (Å²) in [6.45, 7) is 6.56. The Kier molecular flexibility index (Phi) is 5.84. The van der Waals surface area contributed by atoms with Crippen molar-refractivity contribution in [1.82, 2.24) is 4.90 Å². The van der Waals surface area contributed by atoms with Crippen molar-refractivity contribution >= 4 is 0 Å². The molecule has 0 bridgehead atoms. The van der Waals surface area contributed by atoms with Gasteiger partial charge in [-0.3, -0.25) is 0 Å². The van der Waals surface area contributed by atoms with Gasteiger partial charge in [-0.1, -0.05) is 45.4 Å². The fourth-order valence-electron chi connectivity index (χ4n) is 3.74. The lowest BCUT2D eigenvalue weighted by Crippen LogP contribution is -2.38. The van der Waals surface area contributed by atoms with Gasteiger partial charge in [-0.05, 0) is 44.1 Å². The van der Waals surface area contributed by atoms with Crippen LogP contribution in [0.4, 0.5) is 0 Å². The van der Waals surface area contributed by atoms with Gasteiger partial charge in [0, 0.05) is 13.1 Å². The largest absolute Gasteiger partial charge is 0.303 e. The van der Waals surface area contributed by atoms with Crippen molar-refractivity contribution in [3.05, 3.63) is 0 Å². The summed E-state index contributed by atoms with van der Waals surface area (Å²) in [6, 6.07) is 0. The molecular weight excluding hydrogens is 206 g/mol. The lowest BCUT2D eigenvalue weighted by atomic mass is 9.89. The van der Waals surface area contributed by atoms with E-state index in [2.05, 4.69) is 11.8 Å². The third-order valence-electron chi connectivity index (χ3n) is 4.92. The summed E-state index contributed by atoms with van der Waals surface area (Å²) in [7, 11) is 0. The van der Waals surface area contributed by atoms with Gasteiger partial charge in [0.25, 0.3) is 0 Å². The number of piperidine rings is 1. The minimum absolute atomic E-state index is 0.998. The second-order valence-corrected chi connectivity index (χ2v) is 6.39. The Morgan fingerprint density at radius 1 is 0.824 bits per heavy atom. The third-order valence-corrected chi connectivity index (χ3v) is 4.92. The molecule has 0 N–H and O–H groups in total. The fourth-order valence-corrected chi connectivity index (χ4v) is 3.74. The van der Waals surface area contributed by atoms with Crippen LogP contribution in [0.25, 0.3) is 0 Å². The van der Waals surface area contributed by atoms with Crippen LogP contribution in [0.5, 0.6) is 0 Å². The molecule has 0 amide bonds. The Labute approximate surface area is 108 Å². The van der Waals surface area contributed by atoms with E-state index in [1.54, 1.807) is 0 Å². The standard InChI is InChI=1S/C16H31N/c1-2-15-11-8-12-17(13-15)14-16-9-6-4-3-5-7-10-16/h15-16H,2-14H2,1H3. The molecule has 1 saturated carbocycles. The van der Waals surface area contributed by atoms with Gasteiger partial charge in [0.15, 0.2) is 0 Å². The van der Waals surface area contributed by atoms with Crippen LogP contribution >= 0.6 is 0 Å². The van der Waals surface area contributed by atoms with Gasteiger partial charge in [0.05, 0.1) is 0 Å². The highest BCUT2D eigenvalue weighted by atomic mass is 15.1.